The van der Waals surface area contributed by atoms with Crippen molar-refractivity contribution in [1.29, 1.82) is 0 Å². The van der Waals surface area contributed by atoms with Crippen LogP contribution in [0.3, 0.4) is 0 Å². The molecule has 28 heavy (non-hydrogen) atoms. The average molecular weight is 373 g/mol. The van der Waals surface area contributed by atoms with Gasteiger partial charge in [-0.15, -0.1) is 0 Å². The van der Waals surface area contributed by atoms with Crippen LogP contribution < -0.4 is 9.47 Å². The molecule has 1 heterocycles. The first-order valence-corrected chi connectivity index (χ1v) is 9.61. The van der Waals surface area contributed by atoms with Crippen LogP contribution in [0.2, 0.25) is 0 Å². The number of aryl methyl sites for hydroxylation is 2. The number of fused-ring (bicyclic) bond motifs is 1. The predicted octanol–water partition coefficient (Wildman–Crippen LogP) is 6.45. The maximum absolute atomic E-state index is 6.06. The summed E-state index contributed by atoms with van der Waals surface area (Å²) in [6.45, 7) is 7.26. The molecule has 0 bridgehead atoms. The Morgan fingerprint density at radius 1 is 0.786 bits per heavy atom. The number of rotatable bonds is 5. The maximum atomic E-state index is 6.06. The van der Waals surface area contributed by atoms with Crippen molar-refractivity contribution in [2.75, 3.05) is 6.61 Å². The largest absolute Gasteiger partial charge is 0.490 e. The van der Waals surface area contributed by atoms with Crippen LogP contribution in [0.4, 0.5) is 0 Å². The number of benzene rings is 3. The minimum Gasteiger partial charge on any atom is -0.490 e. The van der Waals surface area contributed by atoms with E-state index in [9.17, 15) is 0 Å². The zero-order valence-electron chi connectivity index (χ0n) is 16.7. The molecule has 0 radical (unpaired) electrons. The van der Waals surface area contributed by atoms with E-state index in [1.165, 1.54) is 5.56 Å². The van der Waals surface area contributed by atoms with E-state index in [0.717, 1.165) is 33.7 Å². The first-order chi connectivity index (χ1) is 13.7. The molecule has 3 nitrogen and oxygen atoms in total. The van der Waals surface area contributed by atoms with Gasteiger partial charge in [0.15, 0.2) is 11.5 Å². The summed E-state index contributed by atoms with van der Waals surface area (Å²) in [5, 5.41) is 1.06. The number of hydrogen-bond acceptors (Lipinski definition) is 2. The van der Waals surface area contributed by atoms with Gasteiger partial charge in [-0.2, -0.15) is 0 Å². The smallest absolute Gasteiger partial charge is 0.171 e. The Kier molecular flexibility index (Phi) is 6.74. The zero-order chi connectivity index (χ0) is 19.8. The maximum Gasteiger partial charge on any atom is 0.171 e. The van der Waals surface area contributed by atoms with E-state index in [1.54, 1.807) is 0 Å². The third-order valence-electron chi connectivity index (χ3n) is 4.32. The molecule has 0 saturated heterocycles. The Labute approximate surface area is 166 Å². The van der Waals surface area contributed by atoms with Crippen LogP contribution in [0.25, 0.3) is 10.9 Å². The fraction of sp³-hybridized carbons (Fsp3) is 0.200. The first-order valence-electron chi connectivity index (χ1n) is 9.61. The van der Waals surface area contributed by atoms with Gasteiger partial charge >= 0.3 is 0 Å². The van der Waals surface area contributed by atoms with Crippen molar-refractivity contribution < 1.29 is 9.47 Å². The summed E-state index contributed by atoms with van der Waals surface area (Å²) < 4.78 is 11.8. The van der Waals surface area contributed by atoms with Gasteiger partial charge in [0.2, 0.25) is 0 Å². The van der Waals surface area contributed by atoms with Gasteiger partial charge in [-0.3, -0.25) is 0 Å². The van der Waals surface area contributed by atoms with E-state index in [0.29, 0.717) is 13.2 Å². The van der Waals surface area contributed by atoms with Gasteiger partial charge in [0, 0.05) is 16.6 Å². The number of aromatic amines is 1. The second-order valence-corrected chi connectivity index (χ2v) is 6.67. The molecule has 144 valence electrons. The summed E-state index contributed by atoms with van der Waals surface area (Å²) in [6, 6.07) is 26.5. The molecule has 0 atom stereocenters. The Morgan fingerprint density at radius 2 is 1.46 bits per heavy atom. The molecule has 0 unspecified atom stereocenters. The summed E-state index contributed by atoms with van der Waals surface area (Å²) in [4.78, 5) is 3.33. The molecule has 3 aromatic carbocycles. The SMILES string of the molecule is CCOc1ccc2[nH]c(C)cc2c1OCc1ccccc1.Cc1ccccc1. The normalized spacial score (nSPS) is 10.2. The summed E-state index contributed by atoms with van der Waals surface area (Å²) in [7, 11) is 0. The monoisotopic (exact) mass is 373 g/mol. The van der Waals surface area contributed by atoms with Crippen LogP contribution in [-0.2, 0) is 6.61 Å². The van der Waals surface area contributed by atoms with Gasteiger partial charge in [-0.25, -0.2) is 0 Å². The van der Waals surface area contributed by atoms with Crippen LogP contribution in [0.5, 0.6) is 11.5 Å². The average Bonchev–Trinajstić information content (AvgIpc) is 3.10. The quantitative estimate of drug-likeness (QED) is 0.436. The van der Waals surface area contributed by atoms with Crippen molar-refractivity contribution >= 4 is 10.9 Å². The fourth-order valence-electron chi connectivity index (χ4n) is 2.98. The summed E-state index contributed by atoms with van der Waals surface area (Å²) >= 11 is 0. The summed E-state index contributed by atoms with van der Waals surface area (Å²) in [5.41, 5.74) is 4.65. The van der Waals surface area contributed by atoms with Crippen LogP contribution in [0.1, 0.15) is 23.7 Å². The standard InChI is InChI=1S/C18H19NO2.C7H8/c1-3-20-17-10-9-16-15(11-13(2)19-16)18(17)21-12-14-7-5-4-6-8-14;1-7-5-3-2-4-6-7/h4-11,19H,3,12H2,1-2H3;2-6H,1H3. The Bertz CT molecular complexity index is 991. The highest BCUT2D eigenvalue weighted by Crippen LogP contribution is 2.36. The second kappa shape index (κ2) is 9.65. The lowest BCUT2D eigenvalue weighted by Gasteiger charge is -2.13. The molecular weight excluding hydrogens is 346 g/mol. The van der Waals surface area contributed by atoms with Gasteiger partial charge in [0.25, 0.3) is 0 Å². The van der Waals surface area contributed by atoms with Gasteiger partial charge in [-0.05, 0) is 44.5 Å². The molecule has 0 amide bonds. The highest BCUT2D eigenvalue weighted by molar-refractivity contribution is 5.89. The van der Waals surface area contributed by atoms with Crippen molar-refractivity contribution in [3.8, 4) is 11.5 Å². The molecule has 0 spiro atoms. The van der Waals surface area contributed by atoms with Crippen LogP contribution in [-0.4, -0.2) is 11.6 Å². The van der Waals surface area contributed by atoms with Crippen LogP contribution >= 0.6 is 0 Å². The Balaban J connectivity index is 0.000000271. The Hall–Kier alpha value is -3.20. The molecule has 1 N–H and O–H groups in total. The van der Waals surface area contributed by atoms with Crippen molar-refractivity contribution in [3.63, 3.8) is 0 Å². The van der Waals surface area contributed by atoms with Crippen molar-refractivity contribution in [1.82, 2.24) is 4.98 Å². The van der Waals surface area contributed by atoms with Gasteiger partial charge in [0.1, 0.15) is 6.61 Å². The van der Waals surface area contributed by atoms with Crippen molar-refractivity contribution in [2.45, 2.75) is 27.4 Å². The number of hydrogen-bond donors (Lipinski definition) is 1. The van der Waals surface area contributed by atoms with E-state index in [4.69, 9.17) is 9.47 Å². The molecular formula is C25H27NO2. The van der Waals surface area contributed by atoms with Gasteiger partial charge in [-0.1, -0.05) is 66.2 Å². The number of ether oxygens (including phenoxy) is 2. The lowest BCUT2D eigenvalue weighted by atomic mass is 10.2. The van der Waals surface area contributed by atoms with Crippen LogP contribution in [0.15, 0.2) is 78.9 Å². The summed E-state index contributed by atoms with van der Waals surface area (Å²) in [6.07, 6.45) is 0. The molecule has 0 aliphatic heterocycles. The van der Waals surface area contributed by atoms with E-state index >= 15 is 0 Å². The second-order valence-electron chi connectivity index (χ2n) is 6.67. The van der Waals surface area contributed by atoms with E-state index in [-0.39, 0.29) is 0 Å². The lowest BCUT2D eigenvalue weighted by molar-refractivity contribution is 0.272. The highest BCUT2D eigenvalue weighted by atomic mass is 16.5. The minimum absolute atomic E-state index is 0.532. The van der Waals surface area contributed by atoms with E-state index in [2.05, 4.69) is 42.2 Å². The third-order valence-corrected chi connectivity index (χ3v) is 4.32. The molecule has 0 saturated carbocycles. The predicted molar refractivity (Wildman–Crippen MR) is 116 cm³/mol. The van der Waals surface area contributed by atoms with Crippen LogP contribution in [0, 0.1) is 13.8 Å². The minimum atomic E-state index is 0.532. The fourth-order valence-corrected chi connectivity index (χ4v) is 2.98. The van der Waals surface area contributed by atoms with E-state index in [1.807, 2.05) is 62.4 Å². The van der Waals surface area contributed by atoms with Crippen molar-refractivity contribution in [3.05, 3.63) is 95.7 Å². The van der Waals surface area contributed by atoms with Crippen molar-refractivity contribution in [2.24, 2.45) is 0 Å². The molecule has 4 aromatic rings. The first kappa shape index (κ1) is 19.6. The third kappa shape index (κ3) is 5.17. The molecule has 0 aliphatic rings. The topological polar surface area (TPSA) is 34.2 Å². The number of aromatic nitrogens is 1. The summed E-state index contributed by atoms with van der Waals surface area (Å²) in [5.74, 6) is 1.60. The number of nitrogens with one attached hydrogen (secondary N) is 1. The van der Waals surface area contributed by atoms with Gasteiger partial charge in [0.05, 0.1) is 6.61 Å². The van der Waals surface area contributed by atoms with Gasteiger partial charge < -0.3 is 14.5 Å². The highest BCUT2D eigenvalue weighted by Gasteiger charge is 2.12. The molecule has 0 aliphatic carbocycles. The zero-order valence-corrected chi connectivity index (χ0v) is 16.7. The molecule has 3 heteroatoms. The Morgan fingerprint density at radius 3 is 2.07 bits per heavy atom. The number of H-pyrrole nitrogens is 1. The molecule has 0 fully saturated rings. The molecule has 1 aromatic heterocycles. The van der Waals surface area contributed by atoms with E-state index < -0.39 is 0 Å². The lowest BCUT2D eigenvalue weighted by Crippen LogP contribution is -2.00. The molecule has 4 rings (SSSR count).